The summed E-state index contributed by atoms with van der Waals surface area (Å²) in [6.45, 7) is 2.46. The molecule has 1 aromatic carbocycles. The van der Waals surface area contributed by atoms with Crippen molar-refractivity contribution in [2.75, 3.05) is 6.54 Å². The van der Waals surface area contributed by atoms with Crippen molar-refractivity contribution in [2.24, 2.45) is 5.73 Å². The molecule has 1 aromatic rings. The minimum atomic E-state index is -0.457. The lowest BCUT2D eigenvalue weighted by molar-refractivity contribution is -0.384. The van der Waals surface area contributed by atoms with Crippen LogP contribution in [0.4, 0.5) is 5.69 Å². The van der Waals surface area contributed by atoms with Gasteiger partial charge in [0.05, 0.1) is 11.0 Å². The number of amides is 1. The Kier molecular flexibility index (Phi) is 5.95. The number of rotatable bonds is 7. The molecule has 1 amide bonds. The third-order valence-corrected chi connectivity index (χ3v) is 2.80. The summed E-state index contributed by atoms with van der Waals surface area (Å²) in [4.78, 5) is 21.6. The maximum atomic E-state index is 11.5. The first-order chi connectivity index (χ1) is 9.04. The van der Waals surface area contributed by atoms with Gasteiger partial charge in [-0.05, 0) is 18.4 Å². The molecule has 0 bridgehead atoms. The van der Waals surface area contributed by atoms with Gasteiger partial charge in [-0.2, -0.15) is 0 Å². The van der Waals surface area contributed by atoms with Crippen LogP contribution < -0.4 is 11.1 Å². The number of nitro benzene ring substituents is 1. The molecule has 0 aliphatic heterocycles. The highest BCUT2D eigenvalue weighted by Crippen LogP contribution is 2.11. The zero-order valence-electron chi connectivity index (χ0n) is 11.0. The van der Waals surface area contributed by atoms with Crippen LogP contribution >= 0.6 is 0 Å². The summed E-state index contributed by atoms with van der Waals surface area (Å²) in [5, 5.41) is 13.2. The fraction of sp³-hybridized carbons (Fsp3) is 0.462. The average molecular weight is 265 g/mol. The minimum absolute atomic E-state index is 0.0674. The lowest BCUT2D eigenvalue weighted by Gasteiger charge is -2.10. The molecule has 104 valence electrons. The molecule has 19 heavy (non-hydrogen) atoms. The molecule has 0 radical (unpaired) electrons. The Balaban J connectivity index is 2.37. The van der Waals surface area contributed by atoms with Crippen LogP contribution in [0, 0.1) is 10.1 Å². The first kappa shape index (κ1) is 15.1. The van der Waals surface area contributed by atoms with Crippen molar-refractivity contribution in [1.82, 2.24) is 5.32 Å². The highest BCUT2D eigenvalue weighted by Gasteiger charge is 2.11. The Hall–Kier alpha value is -1.95. The molecule has 6 nitrogen and oxygen atoms in total. The monoisotopic (exact) mass is 265 g/mol. The van der Waals surface area contributed by atoms with Gasteiger partial charge < -0.3 is 11.1 Å². The number of non-ortho nitro benzene ring substituents is 1. The maximum absolute atomic E-state index is 11.5. The molecule has 0 heterocycles. The molecule has 0 fully saturated rings. The number of hydrogen-bond donors (Lipinski definition) is 2. The molecule has 6 heteroatoms. The molecule has 1 rings (SSSR count). The van der Waals surface area contributed by atoms with Crippen molar-refractivity contribution in [3.8, 4) is 0 Å². The zero-order valence-corrected chi connectivity index (χ0v) is 11.0. The average Bonchev–Trinajstić information content (AvgIpc) is 2.39. The summed E-state index contributed by atoms with van der Waals surface area (Å²) in [7, 11) is 0. The molecule has 1 atom stereocenters. The Morgan fingerprint density at radius 3 is 2.58 bits per heavy atom. The van der Waals surface area contributed by atoms with Crippen molar-refractivity contribution >= 4 is 11.6 Å². The third kappa shape index (κ3) is 5.05. The Labute approximate surface area is 112 Å². The minimum Gasteiger partial charge on any atom is -0.354 e. The van der Waals surface area contributed by atoms with E-state index in [9.17, 15) is 14.9 Å². The van der Waals surface area contributed by atoms with Gasteiger partial charge in [-0.3, -0.25) is 14.9 Å². The highest BCUT2D eigenvalue weighted by molar-refractivity contribution is 5.81. The molecule has 0 spiro atoms. The summed E-state index contributed by atoms with van der Waals surface area (Å²) in [6, 6.07) is 5.84. The Morgan fingerprint density at radius 2 is 2.05 bits per heavy atom. The van der Waals surface area contributed by atoms with E-state index in [0.29, 0.717) is 19.4 Å². The van der Waals surface area contributed by atoms with Crippen LogP contribution in [0.15, 0.2) is 24.3 Å². The number of nitro groups is 1. The molecule has 0 saturated carbocycles. The number of nitrogens with zero attached hydrogens (tertiary/aromatic N) is 1. The number of nitrogens with two attached hydrogens (primary N) is 1. The number of nitrogens with one attached hydrogen (secondary N) is 1. The number of hydrogen-bond acceptors (Lipinski definition) is 4. The maximum Gasteiger partial charge on any atom is 0.269 e. The molecule has 0 unspecified atom stereocenters. The molecule has 0 saturated heterocycles. The fourth-order valence-corrected chi connectivity index (χ4v) is 1.69. The van der Waals surface area contributed by atoms with Crippen LogP contribution in [0.5, 0.6) is 0 Å². The molecular weight excluding hydrogens is 246 g/mol. The topological polar surface area (TPSA) is 98.3 Å². The summed E-state index contributed by atoms with van der Waals surface area (Å²) in [6.07, 6.45) is 2.17. The summed E-state index contributed by atoms with van der Waals surface area (Å²) in [5.41, 5.74) is 6.68. The van der Waals surface area contributed by atoms with E-state index in [-0.39, 0.29) is 11.6 Å². The smallest absolute Gasteiger partial charge is 0.269 e. The lowest BCUT2D eigenvalue weighted by Crippen LogP contribution is -2.41. The van der Waals surface area contributed by atoms with Gasteiger partial charge >= 0.3 is 0 Å². The molecule has 0 aromatic heterocycles. The van der Waals surface area contributed by atoms with Gasteiger partial charge in [-0.15, -0.1) is 0 Å². The predicted molar refractivity (Wildman–Crippen MR) is 72.7 cm³/mol. The fourth-order valence-electron chi connectivity index (χ4n) is 1.69. The second-order valence-corrected chi connectivity index (χ2v) is 4.36. The van der Waals surface area contributed by atoms with Crippen molar-refractivity contribution in [3.63, 3.8) is 0 Å². The van der Waals surface area contributed by atoms with Gasteiger partial charge in [-0.25, -0.2) is 0 Å². The van der Waals surface area contributed by atoms with Crippen molar-refractivity contribution in [2.45, 2.75) is 32.2 Å². The predicted octanol–water partition coefficient (Wildman–Crippen LogP) is 1.38. The summed E-state index contributed by atoms with van der Waals surface area (Å²) >= 11 is 0. The van der Waals surface area contributed by atoms with E-state index in [4.69, 9.17) is 5.73 Å². The third-order valence-electron chi connectivity index (χ3n) is 2.80. The second kappa shape index (κ2) is 7.48. The van der Waals surface area contributed by atoms with Gasteiger partial charge in [0.15, 0.2) is 0 Å². The normalized spacial score (nSPS) is 11.9. The summed E-state index contributed by atoms with van der Waals surface area (Å²) < 4.78 is 0. The van der Waals surface area contributed by atoms with Gasteiger partial charge in [-0.1, -0.05) is 25.5 Å². The van der Waals surface area contributed by atoms with E-state index in [1.807, 2.05) is 6.92 Å². The first-order valence-corrected chi connectivity index (χ1v) is 6.31. The largest absolute Gasteiger partial charge is 0.354 e. The van der Waals surface area contributed by atoms with E-state index in [0.717, 1.165) is 12.0 Å². The number of carbonyl (C=O) groups is 1. The van der Waals surface area contributed by atoms with Gasteiger partial charge in [0.2, 0.25) is 5.91 Å². The highest BCUT2D eigenvalue weighted by atomic mass is 16.6. The van der Waals surface area contributed by atoms with E-state index >= 15 is 0 Å². The molecule has 0 aliphatic carbocycles. The van der Waals surface area contributed by atoms with Crippen LogP contribution in [0.1, 0.15) is 25.3 Å². The van der Waals surface area contributed by atoms with Crippen molar-refractivity contribution in [1.29, 1.82) is 0 Å². The van der Waals surface area contributed by atoms with Crippen LogP contribution in [-0.2, 0) is 11.2 Å². The van der Waals surface area contributed by atoms with Gasteiger partial charge in [0, 0.05) is 18.7 Å². The Morgan fingerprint density at radius 1 is 1.42 bits per heavy atom. The van der Waals surface area contributed by atoms with Crippen LogP contribution in [0.3, 0.4) is 0 Å². The van der Waals surface area contributed by atoms with E-state index in [1.165, 1.54) is 12.1 Å². The quantitative estimate of drug-likeness (QED) is 0.574. The van der Waals surface area contributed by atoms with Crippen LogP contribution in [-0.4, -0.2) is 23.4 Å². The van der Waals surface area contributed by atoms with Crippen molar-refractivity contribution in [3.05, 3.63) is 39.9 Å². The van der Waals surface area contributed by atoms with Gasteiger partial charge in [0.25, 0.3) is 5.69 Å². The molecule has 0 aliphatic rings. The Bertz CT molecular complexity index is 431. The van der Waals surface area contributed by atoms with E-state index in [1.54, 1.807) is 12.1 Å². The summed E-state index contributed by atoms with van der Waals surface area (Å²) in [5.74, 6) is -0.149. The lowest BCUT2D eigenvalue weighted by atomic mass is 10.1. The SMILES string of the molecule is CCC[C@@H](N)C(=O)NCCc1ccc([N+](=O)[O-])cc1. The molecular formula is C13H19N3O3. The van der Waals surface area contributed by atoms with Crippen LogP contribution in [0.2, 0.25) is 0 Å². The second-order valence-electron chi connectivity index (χ2n) is 4.36. The van der Waals surface area contributed by atoms with Gasteiger partial charge in [0.1, 0.15) is 0 Å². The first-order valence-electron chi connectivity index (χ1n) is 6.31. The van der Waals surface area contributed by atoms with E-state index in [2.05, 4.69) is 5.32 Å². The zero-order chi connectivity index (χ0) is 14.3. The van der Waals surface area contributed by atoms with Crippen molar-refractivity contribution < 1.29 is 9.72 Å². The number of benzene rings is 1. The van der Waals surface area contributed by atoms with E-state index < -0.39 is 11.0 Å². The van der Waals surface area contributed by atoms with Crippen LogP contribution in [0.25, 0.3) is 0 Å². The molecule has 3 N–H and O–H groups in total. The number of carbonyl (C=O) groups excluding carboxylic acids is 1. The standard InChI is InChI=1S/C13H19N3O3/c1-2-3-12(14)13(17)15-9-8-10-4-6-11(7-5-10)16(18)19/h4-7,12H,2-3,8-9,14H2,1H3,(H,15,17)/t12-/m1/s1.